The van der Waals surface area contributed by atoms with E-state index in [1.54, 1.807) is 0 Å². The van der Waals surface area contributed by atoms with E-state index < -0.39 is 0 Å². The zero-order valence-corrected chi connectivity index (χ0v) is 22.3. The third-order valence-electron chi connectivity index (χ3n) is 7.61. The van der Waals surface area contributed by atoms with Gasteiger partial charge in [-0.1, -0.05) is 72.8 Å². The number of fused-ring (bicyclic) bond motifs is 1. The second-order valence-electron chi connectivity index (χ2n) is 10.5. The minimum absolute atomic E-state index is 0.0799. The van der Waals surface area contributed by atoms with Gasteiger partial charge in [-0.25, -0.2) is 4.98 Å². The molecule has 1 aromatic heterocycles. The molecule has 0 radical (unpaired) electrons. The summed E-state index contributed by atoms with van der Waals surface area (Å²) in [6.07, 6.45) is 4.52. The average molecular weight is 508 g/mol. The SMILES string of the molecule is CN(C)c1nc(NCC2CCC(CNC(=O)C(c3ccccc3)c3ccccc3)CC2)nc2ccccc12. The number of rotatable bonds is 9. The zero-order valence-electron chi connectivity index (χ0n) is 22.3. The molecule has 6 nitrogen and oxygen atoms in total. The number of benzene rings is 3. The van der Waals surface area contributed by atoms with E-state index in [0.717, 1.165) is 66.6 Å². The topological polar surface area (TPSA) is 70.2 Å². The second-order valence-corrected chi connectivity index (χ2v) is 10.5. The van der Waals surface area contributed by atoms with Crippen LogP contribution in [0.25, 0.3) is 10.9 Å². The Hall–Kier alpha value is -3.93. The molecule has 1 amide bonds. The summed E-state index contributed by atoms with van der Waals surface area (Å²) >= 11 is 0. The summed E-state index contributed by atoms with van der Waals surface area (Å²) in [4.78, 5) is 24.9. The van der Waals surface area contributed by atoms with Gasteiger partial charge in [-0.2, -0.15) is 4.98 Å². The van der Waals surface area contributed by atoms with Crippen LogP contribution in [-0.2, 0) is 4.79 Å². The molecule has 1 heterocycles. The summed E-state index contributed by atoms with van der Waals surface area (Å²) in [5.41, 5.74) is 3.01. The third-order valence-corrected chi connectivity index (χ3v) is 7.61. The molecule has 0 bridgehead atoms. The summed E-state index contributed by atoms with van der Waals surface area (Å²) in [5.74, 6) is 2.51. The summed E-state index contributed by atoms with van der Waals surface area (Å²) in [7, 11) is 4.03. The lowest BCUT2D eigenvalue weighted by Gasteiger charge is -2.29. The number of para-hydroxylation sites is 1. The molecule has 0 aliphatic heterocycles. The van der Waals surface area contributed by atoms with Crippen molar-refractivity contribution in [3.05, 3.63) is 96.1 Å². The lowest BCUT2D eigenvalue weighted by molar-refractivity contribution is -0.121. The minimum Gasteiger partial charge on any atom is -0.362 e. The maximum absolute atomic E-state index is 13.3. The Morgan fingerprint density at radius 3 is 1.95 bits per heavy atom. The second kappa shape index (κ2) is 12.1. The molecule has 196 valence electrons. The Morgan fingerprint density at radius 1 is 0.789 bits per heavy atom. The van der Waals surface area contributed by atoms with Crippen LogP contribution in [0.15, 0.2) is 84.9 Å². The molecule has 38 heavy (non-hydrogen) atoms. The van der Waals surface area contributed by atoms with Crippen LogP contribution in [0.4, 0.5) is 11.8 Å². The van der Waals surface area contributed by atoms with Gasteiger partial charge in [0.1, 0.15) is 5.82 Å². The van der Waals surface area contributed by atoms with Gasteiger partial charge < -0.3 is 15.5 Å². The Morgan fingerprint density at radius 2 is 1.34 bits per heavy atom. The summed E-state index contributed by atoms with van der Waals surface area (Å²) in [6, 6.07) is 28.3. The van der Waals surface area contributed by atoms with Crippen molar-refractivity contribution in [2.45, 2.75) is 31.6 Å². The number of carbonyl (C=O) groups excluding carboxylic acids is 1. The van der Waals surface area contributed by atoms with E-state index in [0.29, 0.717) is 17.8 Å². The van der Waals surface area contributed by atoms with Crippen molar-refractivity contribution in [1.29, 1.82) is 0 Å². The van der Waals surface area contributed by atoms with Crippen molar-refractivity contribution >= 4 is 28.6 Å². The van der Waals surface area contributed by atoms with Crippen LogP contribution >= 0.6 is 0 Å². The monoisotopic (exact) mass is 507 g/mol. The van der Waals surface area contributed by atoms with E-state index in [2.05, 4.69) is 16.7 Å². The fourth-order valence-corrected chi connectivity index (χ4v) is 5.49. The standard InChI is InChI=1S/C32H37N5O/c1-37(2)30-27-15-9-10-16-28(27)35-32(36-30)34-22-24-19-17-23(18-20-24)21-33-31(38)29(25-11-5-3-6-12-25)26-13-7-4-8-14-26/h3-16,23-24,29H,17-22H2,1-2H3,(H,33,38)(H,34,35,36). The normalized spacial score (nSPS) is 17.3. The number of carbonyl (C=O) groups is 1. The number of hydrogen-bond acceptors (Lipinski definition) is 5. The highest BCUT2D eigenvalue weighted by molar-refractivity contribution is 5.90. The number of aromatic nitrogens is 2. The number of nitrogens with zero attached hydrogens (tertiary/aromatic N) is 3. The van der Waals surface area contributed by atoms with Crippen molar-refractivity contribution < 1.29 is 4.79 Å². The zero-order chi connectivity index (χ0) is 26.3. The molecule has 1 fully saturated rings. The highest BCUT2D eigenvalue weighted by Gasteiger charge is 2.25. The highest BCUT2D eigenvalue weighted by Crippen LogP contribution is 2.30. The molecule has 2 N–H and O–H groups in total. The maximum Gasteiger partial charge on any atom is 0.232 e. The van der Waals surface area contributed by atoms with Crippen LogP contribution in [0.3, 0.4) is 0 Å². The van der Waals surface area contributed by atoms with Gasteiger partial charge in [-0.05, 0) is 60.8 Å². The lowest BCUT2D eigenvalue weighted by Crippen LogP contribution is -2.35. The maximum atomic E-state index is 13.3. The molecule has 5 rings (SSSR count). The third kappa shape index (κ3) is 6.13. The lowest BCUT2D eigenvalue weighted by atomic mass is 9.81. The minimum atomic E-state index is -0.285. The summed E-state index contributed by atoms with van der Waals surface area (Å²) < 4.78 is 0. The summed E-state index contributed by atoms with van der Waals surface area (Å²) in [6.45, 7) is 1.60. The van der Waals surface area contributed by atoms with Crippen LogP contribution in [-0.4, -0.2) is 43.1 Å². The van der Waals surface area contributed by atoms with E-state index >= 15 is 0 Å². The van der Waals surface area contributed by atoms with Crippen molar-refractivity contribution in [2.24, 2.45) is 11.8 Å². The van der Waals surface area contributed by atoms with Gasteiger partial charge in [-0.15, -0.1) is 0 Å². The van der Waals surface area contributed by atoms with Crippen molar-refractivity contribution in [3.8, 4) is 0 Å². The molecule has 1 saturated carbocycles. The van der Waals surface area contributed by atoms with Crippen LogP contribution in [0, 0.1) is 11.8 Å². The van der Waals surface area contributed by atoms with E-state index in [-0.39, 0.29) is 11.8 Å². The summed E-state index contributed by atoms with van der Waals surface area (Å²) in [5, 5.41) is 7.84. The Labute approximate surface area is 225 Å². The fourth-order valence-electron chi connectivity index (χ4n) is 5.49. The first-order valence-electron chi connectivity index (χ1n) is 13.6. The first kappa shape index (κ1) is 25.7. The first-order valence-corrected chi connectivity index (χ1v) is 13.6. The molecule has 3 aromatic carbocycles. The number of amides is 1. The smallest absolute Gasteiger partial charge is 0.232 e. The van der Waals surface area contributed by atoms with E-state index in [4.69, 9.17) is 9.97 Å². The number of anilines is 2. The predicted octanol–water partition coefficient (Wildman–Crippen LogP) is 5.86. The van der Waals surface area contributed by atoms with Gasteiger partial charge in [0.2, 0.25) is 11.9 Å². The van der Waals surface area contributed by atoms with Gasteiger partial charge in [0.15, 0.2) is 0 Å². The molecule has 0 atom stereocenters. The Balaban J connectivity index is 1.14. The highest BCUT2D eigenvalue weighted by atomic mass is 16.1. The van der Waals surface area contributed by atoms with Gasteiger partial charge >= 0.3 is 0 Å². The molecule has 6 heteroatoms. The molecular formula is C32H37N5O. The molecule has 0 unspecified atom stereocenters. The number of hydrogen-bond donors (Lipinski definition) is 2. The predicted molar refractivity (Wildman–Crippen MR) is 156 cm³/mol. The first-order chi connectivity index (χ1) is 18.6. The molecule has 4 aromatic rings. The van der Waals surface area contributed by atoms with E-state index in [1.165, 1.54) is 0 Å². The number of nitrogens with one attached hydrogen (secondary N) is 2. The van der Waals surface area contributed by atoms with Gasteiger partial charge in [0.05, 0.1) is 11.4 Å². The molecule has 0 spiro atoms. The molecular weight excluding hydrogens is 470 g/mol. The van der Waals surface area contributed by atoms with E-state index in [1.807, 2.05) is 97.9 Å². The fraction of sp³-hybridized carbons (Fsp3) is 0.344. The van der Waals surface area contributed by atoms with E-state index in [9.17, 15) is 4.79 Å². The largest absolute Gasteiger partial charge is 0.362 e. The van der Waals surface area contributed by atoms with Crippen LogP contribution in [0.5, 0.6) is 0 Å². The van der Waals surface area contributed by atoms with Gasteiger partial charge in [0.25, 0.3) is 0 Å². The molecule has 1 aliphatic carbocycles. The van der Waals surface area contributed by atoms with Crippen molar-refractivity contribution in [2.75, 3.05) is 37.4 Å². The van der Waals surface area contributed by atoms with Crippen molar-refractivity contribution in [1.82, 2.24) is 15.3 Å². The van der Waals surface area contributed by atoms with Crippen LogP contribution in [0.1, 0.15) is 42.7 Å². The Bertz CT molecular complexity index is 1290. The molecule has 0 saturated heterocycles. The van der Waals surface area contributed by atoms with Crippen LogP contribution in [0.2, 0.25) is 0 Å². The Kier molecular flexibility index (Phi) is 8.17. The van der Waals surface area contributed by atoms with Gasteiger partial charge in [-0.3, -0.25) is 4.79 Å². The van der Waals surface area contributed by atoms with Gasteiger partial charge in [0, 0.05) is 32.6 Å². The quantitative estimate of drug-likeness (QED) is 0.297. The van der Waals surface area contributed by atoms with Crippen LogP contribution < -0.4 is 15.5 Å². The average Bonchev–Trinajstić information content (AvgIpc) is 2.96. The van der Waals surface area contributed by atoms with Crippen molar-refractivity contribution in [3.63, 3.8) is 0 Å². The molecule has 1 aliphatic rings.